The molecule has 4 heteroatoms. The second-order valence-electron chi connectivity index (χ2n) is 1.97. The van der Waals surface area contributed by atoms with Crippen LogP contribution >= 0.6 is 0 Å². The van der Waals surface area contributed by atoms with Crippen molar-refractivity contribution in [1.29, 1.82) is 0 Å². The Hall–Kier alpha value is -0.160. The molecule has 4 nitrogen and oxygen atoms in total. The van der Waals surface area contributed by atoms with Crippen LogP contribution in [0.3, 0.4) is 0 Å². The summed E-state index contributed by atoms with van der Waals surface area (Å²) >= 11 is 0. The van der Waals surface area contributed by atoms with E-state index in [1.807, 2.05) is 0 Å². The fourth-order valence-electron chi connectivity index (χ4n) is 0.410. The highest BCUT2D eigenvalue weighted by Gasteiger charge is 2.24. The van der Waals surface area contributed by atoms with Gasteiger partial charge in [0.1, 0.15) is 5.60 Å². The fourth-order valence-corrected chi connectivity index (χ4v) is 0.410. The third kappa shape index (κ3) is 2.76. The molecule has 0 radical (unpaired) electrons. The first-order valence-electron chi connectivity index (χ1n) is 2.61. The van der Waals surface area contributed by atoms with Crippen LogP contribution in [0.5, 0.6) is 0 Å². The van der Waals surface area contributed by atoms with Crippen LogP contribution in [0.2, 0.25) is 0 Å². The molecular formula is C5H12O4. The normalized spacial score (nSPS) is 12.0. The van der Waals surface area contributed by atoms with Gasteiger partial charge in [0.05, 0.1) is 19.8 Å². The van der Waals surface area contributed by atoms with E-state index in [-0.39, 0.29) is 6.61 Å². The molecule has 0 unspecified atom stereocenters. The Morgan fingerprint density at radius 2 is 1.78 bits per heavy atom. The fraction of sp³-hybridized carbons (Fsp3) is 1.00. The van der Waals surface area contributed by atoms with Crippen molar-refractivity contribution in [1.82, 2.24) is 0 Å². The van der Waals surface area contributed by atoms with Crippen LogP contribution < -0.4 is 0 Å². The van der Waals surface area contributed by atoms with Gasteiger partial charge in [0.25, 0.3) is 0 Å². The average molecular weight is 136 g/mol. The predicted octanol–water partition coefficient (Wildman–Crippen LogP) is -1.65. The summed E-state index contributed by atoms with van der Waals surface area (Å²) in [5, 5.41) is 25.9. The minimum absolute atomic E-state index is 0.0556. The molecule has 0 saturated carbocycles. The van der Waals surface area contributed by atoms with E-state index in [0.29, 0.717) is 0 Å². The van der Waals surface area contributed by atoms with Crippen molar-refractivity contribution in [3.8, 4) is 0 Å². The molecule has 0 heterocycles. The first kappa shape index (κ1) is 8.84. The van der Waals surface area contributed by atoms with Crippen molar-refractivity contribution in [2.24, 2.45) is 0 Å². The first-order valence-corrected chi connectivity index (χ1v) is 2.61. The maximum absolute atomic E-state index is 9.00. The van der Waals surface area contributed by atoms with Gasteiger partial charge in [-0.3, -0.25) is 0 Å². The summed E-state index contributed by atoms with van der Waals surface area (Å²) < 4.78 is 4.52. The van der Waals surface area contributed by atoms with E-state index >= 15 is 0 Å². The Balaban J connectivity index is 3.62. The monoisotopic (exact) mass is 136 g/mol. The maximum atomic E-state index is 9.00. The minimum Gasteiger partial charge on any atom is -0.393 e. The molecule has 0 aliphatic heterocycles. The van der Waals surface area contributed by atoms with E-state index in [1.54, 1.807) is 0 Å². The molecule has 0 saturated heterocycles. The highest BCUT2D eigenvalue weighted by molar-refractivity contribution is 4.74. The third-order valence-corrected chi connectivity index (χ3v) is 1.00. The zero-order valence-electron chi connectivity index (χ0n) is 5.37. The van der Waals surface area contributed by atoms with Crippen LogP contribution in [0.25, 0.3) is 0 Å². The van der Waals surface area contributed by atoms with E-state index in [2.05, 4.69) is 4.74 Å². The number of aliphatic hydroxyl groups excluding tert-OH is 2. The minimum atomic E-state index is -1.48. The molecule has 56 valence electrons. The lowest BCUT2D eigenvalue weighted by Gasteiger charge is -2.21. The molecule has 0 aliphatic carbocycles. The van der Waals surface area contributed by atoms with Gasteiger partial charge < -0.3 is 20.1 Å². The van der Waals surface area contributed by atoms with Gasteiger partial charge in [-0.25, -0.2) is 0 Å². The summed E-state index contributed by atoms with van der Waals surface area (Å²) in [5.74, 6) is 0. The number of hydrogen-bond donors (Lipinski definition) is 3. The molecule has 0 aromatic heterocycles. The molecule has 0 aliphatic rings. The molecule has 0 spiro atoms. The lowest BCUT2D eigenvalue weighted by molar-refractivity contribution is -0.0960. The first-order chi connectivity index (χ1) is 4.18. The van der Waals surface area contributed by atoms with Crippen molar-refractivity contribution in [3.05, 3.63) is 0 Å². The number of hydrogen-bond acceptors (Lipinski definition) is 4. The Bertz CT molecular complexity index is 69.4. The zero-order chi connectivity index (χ0) is 7.33. The number of rotatable bonds is 4. The van der Waals surface area contributed by atoms with Crippen molar-refractivity contribution >= 4 is 0 Å². The second-order valence-corrected chi connectivity index (χ2v) is 1.97. The van der Waals surface area contributed by atoms with Gasteiger partial charge in [-0.1, -0.05) is 0 Å². The van der Waals surface area contributed by atoms with Gasteiger partial charge in [0.2, 0.25) is 0 Å². The number of methoxy groups -OCH3 is 1. The largest absolute Gasteiger partial charge is 0.393 e. The zero-order valence-corrected chi connectivity index (χ0v) is 5.37. The number of ether oxygens (including phenoxy) is 1. The molecule has 0 aromatic rings. The Labute approximate surface area is 53.7 Å². The van der Waals surface area contributed by atoms with E-state index in [4.69, 9.17) is 15.3 Å². The smallest absolute Gasteiger partial charge is 0.134 e. The Morgan fingerprint density at radius 3 is 1.89 bits per heavy atom. The summed E-state index contributed by atoms with van der Waals surface area (Å²) in [7, 11) is 1.39. The van der Waals surface area contributed by atoms with Crippen LogP contribution in [0.1, 0.15) is 0 Å². The van der Waals surface area contributed by atoms with E-state index in [1.165, 1.54) is 7.11 Å². The quantitative estimate of drug-likeness (QED) is 0.433. The Morgan fingerprint density at radius 1 is 1.33 bits per heavy atom. The summed E-state index contributed by atoms with van der Waals surface area (Å²) in [5.41, 5.74) is -1.48. The summed E-state index contributed by atoms with van der Waals surface area (Å²) in [6.07, 6.45) is 0. The lowest BCUT2D eigenvalue weighted by atomic mass is 10.1. The molecule has 0 fully saturated rings. The topological polar surface area (TPSA) is 69.9 Å². The van der Waals surface area contributed by atoms with Gasteiger partial charge >= 0.3 is 0 Å². The van der Waals surface area contributed by atoms with E-state index < -0.39 is 18.8 Å². The highest BCUT2D eigenvalue weighted by Crippen LogP contribution is 2.00. The van der Waals surface area contributed by atoms with Crippen LogP contribution in [0.15, 0.2) is 0 Å². The van der Waals surface area contributed by atoms with Crippen LogP contribution in [-0.2, 0) is 4.74 Å². The predicted molar refractivity (Wildman–Crippen MR) is 31.0 cm³/mol. The van der Waals surface area contributed by atoms with Gasteiger partial charge in [-0.15, -0.1) is 0 Å². The van der Waals surface area contributed by atoms with Gasteiger partial charge in [-0.05, 0) is 0 Å². The van der Waals surface area contributed by atoms with Crippen LogP contribution in [0, 0.1) is 0 Å². The van der Waals surface area contributed by atoms with E-state index in [9.17, 15) is 0 Å². The highest BCUT2D eigenvalue weighted by atomic mass is 16.5. The summed E-state index contributed by atoms with van der Waals surface area (Å²) in [4.78, 5) is 0. The standard InChI is InChI=1S/C5H12O4/c1-9-4-5(8,2-6)3-7/h6-8H,2-4H2,1H3. The van der Waals surface area contributed by atoms with Crippen molar-refractivity contribution < 1.29 is 20.1 Å². The van der Waals surface area contributed by atoms with Crippen LogP contribution in [0.4, 0.5) is 0 Å². The molecule has 0 atom stereocenters. The maximum Gasteiger partial charge on any atom is 0.134 e. The van der Waals surface area contributed by atoms with E-state index in [0.717, 1.165) is 0 Å². The molecular weight excluding hydrogens is 124 g/mol. The molecule has 0 rings (SSSR count). The molecule has 9 heavy (non-hydrogen) atoms. The second kappa shape index (κ2) is 3.79. The molecule has 0 amide bonds. The third-order valence-electron chi connectivity index (χ3n) is 1.00. The SMILES string of the molecule is COCC(O)(CO)CO. The Kier molecular flexibility index (Phi) is 3.72. The number of aliphatic hydroxyl groups is 3. The molecule has 0 bridgehead atoms. The van der Waals surface area contributed by atoms with Crippen molar-refractivity contribution in [2.45, 2.75) is 5.60 Å². The van der Waals surface area contributed by atoms with Gasteiger partial charge in [-0.2, -0.15) is 0 Å². The lowest BCUT2D eigenvalue weighted by Crippen LogP contribution is -2.41. The molecule has 3 N–H and O–H groups in total. The van der Waals surface area contributed by atoms with Gasteiger partial charge in [0, 0.05) is 7.11 Å². The molecule has 0 aromatic carbocycles. The van der Waals surface area contributed by atoms with Crippen molar-refractivity contribution in [2.75, 3.05) is 26.9 Å². The van der Waals surface area contributed by atoms with Crippen molar-refractivity contribution in [3.63, 3.8) is 0 Å². The summed E-state index contributed by atoms with van der Waals surface area (Å²) in [6, 6.07) is 0. The van der Waals surface area contributed by atoms with Crippen LogP contribution in [-0.4, -0.2) is 47.9 Å². The summed E-state index contributed by atoms with van der Waals surface area (Å²) in [6.45, 7) is -1.03. The van der Waals surface area contributed by atoms with Gasteiger partial charge in [0.15, 0.2) is 0 Å². The average Bonchev–Trinajstić information content (AvgIpc) is 1.89.